The first-order valence-electron chi connectivity index (χ1n) is 17.0. The third-order valence-corrected chi connectivity index (χ3v) is 9.85. The van der Waals surface area contributed by atoms with E-state index in [4.69, 9.17) is 5.73 Å². The topological polar surface area (TPSA) is 165 Å². The number of nitrogens with two attached hydrogens (primary N) is 1. The second-order valence-corrected chi connectivity index (χ2v) is 13.6. The summed E-state index contributed by atoms with van der Waals surface area (Å²) in [6.07, 6.45) is 2.92. The van der Waals surface area contributed by atoms with Gasteiger partial charge in [-0.15, -0.1) is 0 Å². The van der Waals surface area contributed by atoms with Crippen molar-refractivity contribution in [3.05, 3.63) is 106 Å². The summed E-state index contributed by atoms with van der Waals surface area (Å²) in [6.45, 7) is 4.94. The first-order valence-corrected chi connectivity index (χ1v) is 17.0. The fourth-order valence-corrected chi connectivity index (χ4v) is 7.31. The summed E-state index contributed by atoms with van der Waals surface area (Å²) in [7, 11) is 0. The van der Waals surface area contributed by atoms with Crippen LogP contribution < -0.4 is 16.4 Å². The molecule has 0 bridgehead atoms. The van der Waals surface area contributed by atoms with Gasteiger partial charge in [-0.1, -0.05) is 72.8 Å². The van der Waals surface area contributed by atoms with Crippen molar-refractivity contribution in [1.29, 1.82) is 0 Å². The van der Waals surface area contributed by atoms with Gasteiger partial charge in [0.25, 0.3) is 0 Å². The third-order valence-electron chi connectivity index (χ3n) is 9.85. The van der Waals surface area contributed by atoms with Crippen LogP contribution in [0.4, 0.5) is 0 Å². The van der Waals surface area contributed by atoms with Gasteiger partial charge in [-0.05, 0) is 103 Å². The molecule has 0 saturated carbocycles. The summed E-state index contributed by atoms with van der Waals surface area (Å²) >= 11 is 0. The predicted molar refractivity (Wildman–Crippen MR) is 183 cm³/mol. The molecule has 10 heteroatoms. The minimum Gasteiger partial charge on any atom is -0.481 e. The maximum Gasteiger partial charge on any atom is 0.320 e. The van der Waals surface area contributed by atoms with Crippen LogP contribution in [0, 0.1) is 23.7 Å². The summed E-state index contributed by atoms with van der Waals surface area (Å²) < 4.78 is 0. The molecule has 2 saturated heterocycles. The Bertz CT molecular complexity index is 1470. The van der Waals surface area contributed by atoms with E-state index in [9.17, 15) is 29.7 Å². The van der Waals surface area contributed by atoms with E-state index >= 15 is 0 Å². The lowest BCUT2D eigenvalue weighted by Crippen LogP contribution is -2.32. The van der Waals surface area contributed by atoms with Gasteiger partial charge >= 0.3 is 17.9 Å². The van der Waals surface area contributed by atoms with Crippen molar-refractivity contribution in [2.75, 3.05) is 26.2 Å². The highest BCUT2D eigenvalue weighted by Gasteiger charge is 2.31. The number of carboxylic acids is 3. The van der Waals surface area contributed by atoms with Crippen molar-refractivity contribution in [2.45, 2.75) is 57.8 Å². The fraction of sp³-hybridized carbons (Fsp3) is 0.447. The Balaban J connectivity index is 1.36. The van der Waals surface area contributed by atoms with Crippen LogP contribution in [-0.2, 0) is 53.3 Å². The van der Waals surface area contributed by atoms with Gasteiger partial charge in [0, 0.05) is 19.6 Å². The number of carbonyl (C=O) groups is 3. The van der Waals surface area contributed by atoms with Gasteiger partial charge in [-0.25, -0.2) is 0 Å². The minimum atomic E-state index is -1.04. The van der Waals surface area contributed by atoms with E-state index < -0.39 is 35.8 Å². The first-order chi connectivity index (χ1) is 23.1. The Morgan fingerprint density at radius 1 is 0.625 bits per heavy atom. The zero-order chi connectivity index (χ0) is 34.0. The number of rotatable bonds is 17. The lowest BCUT2D eigenvalue weighted by molar-refractivity contribution is -0.144. The van der Waals surface area contributed by atoms with E-state index in [0.29, 0.717) is 32.5 Å². The second kappa shape index (κ2) is 16.8. The highest BCUT2D eigenvalue weighted by atomic mass is 16.4. The maximum atomic E-state index is 12.2. The molecule has 3 aromatic rings. The highest BCUT2D eigenvalue weighted by molar-refractivity contribution is 5.73. The van der Waals surface area contributed by atoms with Gasteiger partial charge in [-0.3, -0.25) is 19.3 Å². The van der Waals surface area contributed by atoms with Crippen molar-refractivity contribution < 1.29 is 29.7 Å². The number of hydrogen-bond acceptors (Lipinski definition) is 7. The van der Waals surface area contributed by atoms with Crippen molar-refractivity contribution in [3.63, 3.8) is 0 Å². The first kappa shape index (κ1) is 35.2. The molecule has 2 fully saturated rings. The number of hydrogen-bond donors (Lipinski definition) is 6. The molecule has 2 heterocycles. The standard InChI is InChI=1S/C38H48N4O6/c39-35(38(47)48)19-27-6-3-9-30(16-27)24-42(22-28-7-1-4-25(14-28)17-33(36(43)44)31-10-12-40-20-31)23-29-8-2-5-26(15-29)18-34(37(45)46)32-11-13-41-21-32/h1-9,14-16,31-35,40-41H,10-13,17-24,39H2,(H,43,44)(H,45,46)(H,47,48)/t31-,32+,33-,34+,35-/m0/s1. The molecule has 0 radical (unpaired) electrons. The molecule has 5 atom stereocenters. The second-order valence-electron chi connectivity index (χ2n) is 13.6. The van der Waals surface area contributed by atoms with E-state index in [0.717, 1.165) is 72.4 Å². The molecule has 0 aliphatic carbocycles. The Morgan fingerprint density at radius 3 is 1.33 bits per heavy atom. The van der Waals surface area contributed by atoms with Gasteiger partial charge in [0.15, 0.2) is 0 Å². The minimum absolute atomic E-state index is 0.113. The molecule has 2 aliphatic heterocycles. The van der Waals surface area contributed by atoms with E-state index in [1.54, 1.807) is 0 Å². The average molecular weight is 657 g/mol. The molecule has 10 nitrogen and oxygen atoms in total. The molecule has 0 amide bonds. The van der Waals surface area contributed by atoms with Gasteiger partial charge in [0.05, 0.1) is 11.8 Å². The molecule has 256 valence electrons. The van der Waals surface area contributed by atoms with Crippen LogP contribution in [0.25, 0.3) is 0 Å². The normalized spacial score (nSPS) is 19.6. The number of benzene rings is 3. The van der Waals surface area contributed by atoms with E-state index in [-0.39, 0.29) is 18.3 Å². The molecular weight excluding hydrogens is 608 g/mol. The Kier molecular flexibility index (Phi) is 12.4. The number of aliphatic carboxylic acids is 3. The Hall–Kier alpha value is -4.09. The van der Waals surface area contributed by atoms with Crippen LogP contribution in [0.15, 0.2) is 72.8 Å². The largest absolute Gasteiger partial charge is 0.481 e. The lowest BCUT2D eigenvalue weighted by Gasteiger charge is -2.25. The molecule has 0 spiro atoms. The molecule has 3 aromatic carbocycles. The number of nitrogens with one attached hydrogen (secondary N) is 2. The molecular formula is C38H48N4O6. The van der Waals surface area contributed by atoms with Crippen molar-refractivity contribution >= 4 is 17.9 Å². The van der Waals surface area contributed by atoms with E-state index in [1.165, 1.54) is 0 Å². The Morgan fingerprint density at radius 2 is 1.00 bits per heavy atom. The smallest absolute Gasteiger partial charge is 0.320 e. The maximum absolute atomic E-state index is 12.2. The summed E-state index contributed by atoms with van der Waals surface area (Å²) in [5.41, 5.74) is 11.8. The molecule has 0 unspecified atom stereocenters. The van der Waals surface area contributed by atoms with Gasteiger partial charge in [-0.2, -0.15) is 0 Å². The monoisotopic (exact) mass is 656 g/mol. The SMILES string of the molecule is N[C@@H](Cc1cccc(CN(Cc2cccc(C[C@H](C(=O)O)[C@H]3CCNC3)c2)Cc2cccc(C[C@@H](C(=O)O)[C@@H]3CCNC3)c2)c1)C(=O)O. The zero-order valence-electron chi connectivity index (χ0n) is 27.4. The van der Waals surface area contributed by atoms with Crippen LogP contribution in [0.1, 0.15) is 46.2 Å². The average Bonchev–Trinajstić information content (AvgIpc) is 3.78. The predicted octanol–water partition coefficient (Wildman–Crippen LogP) is 3.55. The third kappa shape index (κ3) is 9.96. The quantitative estimate of drug-likeness (QED) is 0.127. The summed E-state index contributed by atoms with van der Waals surface area (Å²) in [4.78, 5) is 38.1. The summed E-state index contributed by atoms with van der Waals surface area (Å²) in [5, 5.41) is 35.9. The van der Waals surface area contributed by atoms with Crippen LogP contribution >= 0.6 is 0 Å². The molecule has 7 N–H and O–H groups in total. The van der Waals surface area contributed by atoms with Crippen molar-refractivity contribution in [2.24, 2.45) is 29.4 Å². The van der Waals surface area contributed by atoms with Crippen molar-refractivity contribution in [3.8, 4) is 0 Å². The van der Waals surface area contributed by atoms with Crippen molar-refractivity contribution in [1.82, 2.24) is 15.5 Å². The van der Waals surface area contributed by atoms with Gasteiger partial charge in [0.2, 0.25) is 0 Å². The molecule has 0 aromatic heterocycles. The fourth-order valence-electron chi connectivity index (χ4n) is 7.31. The van der Waals surface area contributed by atoms with Gasteiger partial charge < -0.3 is 31.7 Å². The van der Waals surface area contributed by atoms with Crippen LogP contribution in [0.2, 0.25) is 0 Å². The Labute approximate surface area is 282 Å². The zero-order valence-corrected chi connectivity index (χ0v) is 27.4. The van der Waals surface area contributed by atoms with Crippen LogP contribution in [0.3, 0.4) is 0 Å². The van der Waals surface area contributed by atoms with Crippen LogP contribution in [-0.4, -0.2) is 70.3 Å². The number of nitrogens with zero attached hydrogens (tertiary/aromatic N) is 1. The number of carboxylic acid groups (broad SMARTS) is 3. The molecule has 5 rings (SSSR count). The summed E-state index contributed by atoms with van der Waals surface area (Å²) in [6, 6.07) is 23.2. The van der Waals surface area contributed by atoms with E-state index in [1.807, 2.05) is 48.5 Å². The van der Waals surface area contributed by atoms with Crippen LogP contribution in [0.5, 0.6) is 0 Å². The molecule has 2 aliphatic rings. The van der Waals surface area contributed by atoms with Gasteiger partial charge in [0.1, 0.15) is 6.04 Å². The molecule has 48 heavy (non-hydrogen) atoms. The highest BCUT2D eigenvalue weighted by Crippen LogP contribution is 2.26. The lowest BCUT2D eigenvalue weighted by atomic mass is 9.86. The van der Waals surface area contributed by atoms with E-state index in [2.05, 4.69) is 39.8 Å². The summed E-state index contributed by atoms with van der Waals surface area (Å²) in [5.74, 6) is -3.21.